The lowest BCUT2D eigenvalue weighted by molar-refractivity contribution is 0.413. The first-order chi connectivity index (χ1) is 12.2. The van der Waals surface area contributed by atoms with E-state index in [9.17, 15) is 4.79 Å². The molecule has 0 unspecified atom stereocenters. The van der Waals surface area contributed by atoms with Crippen LogP contribution in [0, 0.1) is 0 Å². The topological polar surface area (TPSA) is 72.8 Å². The lowest BCUT2D eigenvalue weighted by atomic mass is 10.3. The molecule has 6 nitrogen and oxygen atoms in total. The fraction of sp³-hybridized carbons (Fsp3) is 0.0556. The van der Waals surface area contributed by atoms with Crippen molar-refractivity contribution in [2.24, 2.45) is 0 Å². The van der Waals surface area contributed by atoms with E-state index in [2.05, 4.69) is 15.1 Å². The number of ether oxygens (including phenoxy) is 1. The van der Waals surface area contributed by atoms with Gasteiger partial charge in [-0.1, -0.05) is 36.0 Å². The van der Waals surface area contributed by atoms with Crippen LogP contribution in [-0.2, 0) is 0 Å². The Labute approximate surface area is 147 Å². The first-order valence-corrected chi connectivity index (χ1v) is 8.41. The number of para-hydroxylation sites is 1. The Morgan fingerprint density at radius 3 is 2.76 bits per heavy atom. The Kier molecular flexibility index (Phi) is 3.99. The van der Waals surface area contributed by atoms with Gasteiger partial charge in [-0.05, 0) is 30.3 Å². The molecule has 0 aliphatic rings. The first kappa shape index (κ1) is 15.5. The SMILES string of the molecule is COc1cccc(Sc2nc3c(cnn3-c3ccccc3)c(=O)[nH]2)c1. The molecule has 0 aliphatic heterocycles. The molecular weight excluding hydrogens is 336 g/mol. The molecule has 4 aromatic rings. The van der Waals surface area contributed by atoms with Gasteiger partial charge in [-0.25, -0.2) is 9.67 Å². The molecular formula is C18H14N4O2S. The molecule has 0 aliphatic carbocycles. The van der Waals surface area contributed by atoms with Crippen LogP contribution in [-0.4, -0.2) is 26.9 Å². The smallest absolute Gasteiger partial charge is 0.262 e. The molecule has 1 N–H and O–H groups in total. The molecule has 0 amide bonds. The number of hydrogen-bond acceptors (Lipinski definition) is 5. The Morgan fingerprint density at radius 1 is 1.12 bits per heavy atom. The predicted octanol–water partition coefficient (Wildman–Crippen LogP) is 3.27. The third-order valence-electron chi connectivity index (χ3n) is 3.67. The van der Waals surface area contributed by atoms with E-state index >= 15 is 0 Å². The molecule has 2 aromatic carbocycles. The van der Waals surface area contributed by atoms with Crippen molar-refractivity contribution in [3.63, 3.8) is 0 Å². The van der Waals surface area contributed by atoms with Gasteiger partial charge in [-0.3, -0.25) is 4.79 Å². The standard InChI is InChI=1S/C18H14N4O2S/c1-24-13-8-5-9-14(10-13)25-18-20-16-15(17(23)21-18)11-19-22(16)12-6-3-2-4-7-12/h2-11H,1H3,(H,20,21,23). The minimum absolute atomic E-state index is 0.211. The average Bonchev–Trinajstić information content (AvgIpc) is 3.07. The Morgan fingerprint density at radius 2 is 1.96 bits per heavy atom. The Balaban J connectivity index is 1.79. The molecule has 0 fully saturated rings. The summed E-state index contributed by atoms with van der Waals surface area (Å²) in [5, 5.41) is 5.27. The number of methoxy groups -OCH3 is 1. The van der Waals surface area contributed by atoms with E-state index in [0.717, 1.165) is 16.3 Å². The highest BCUT2D eigenvalue weighted by molar-refractivity contribution is 7.99. The summed E-state index contributed by atoms with van der Waals surface area (Å²) < 4.78 is 6.90. The van der Waals surface area contributed by atoms with Crippen LogP contribution in [0.5, 0.6) is 5.75 Å². The van der Waals surface area contributed by atoms with E-state index in [4.69, 9.17) is 4.74 Å². The maximum atomic E-state index is 12.4. The third kappa shape index (κ3) is 3.01. The zero-order valence-electron chi connectivity index (χ0n) is 13.3. The molecule has 0 bridgehead atoms. The monoisotopic (exact) mass is 350 g/mol. The minimum atomic E-state index is -0.211. The van der Waals surface area contributed by atoms with Crippen LogP contribution in [0.3, 0.4) is 0 Å². The molecule has 0 spiro atoms. The largest absolute Gasteiger partial charge is 0.497 e. The molecule has 2 heterocycles. The van der Waals surface area contributed by atoms with E-state index in [1.165, 1.54) is 18.0 Å². The number of nitrogens with zero attached hydrogens (tertiary/aromatic N) is 3. The van der Waals surface area contributed by atoms with E-state index in [1.807, 2.05) is 54.6 Å². The lowest BCUT2D eigenvalue weighted by Gasteiger charge is -2.05. The quantitative estimate of drug-likeness (QED) is 0.572. The van der Waals surface area contributed by atoms with Gasteiger partial charge in [0.2, 0.25) is 0 Å². The van der Waals surface area contributed by atoms with Crippen molar-refractivity contribution in [2.75, 3.05) is 7.11 Å². The summed E-state index contributed by atoms with van der Waals surface area (Å²) in [5.74, 6) is 0.753. The first-order valence-electron chi connectivity index (χ1n) is 7.60. The van der Waals surface area contributed by atoms with Crippen molar-refractivity contribution in [1.29, 1.82) is 0 Å². The van der Waals surface area contributed by atoms with Gasteiger partial charge in [0.25, 0.3) is 5.56 Å². The van der Waals surface area contributed by atoms with E-state index in [0.29, 0.717) is 16.2 Å². The fourth-order valence-electron chi connectivity index (χ4n) is 2.48. The summed E-state index contributed by atoms with van der Waals surface area (Å²) in [5.41, 5.74) is 1.17. The van der Waals surface area contributed by atoms with Crippen LogP contribution in [0.15, 0.2) is 75.6 Å². The van der Waals surface area contributed by atoms with Crippen LogP contribution in [0.1, 0.15) is 0 Å². The molecule has 0 atom stereocenters. The molecule has 2 aromatic heterocycles. The Bertz CT molecular complexity index is 1090. The van der Waals surface area contributed by atoms with Crippen molar-refractivity contribution >= 4 is 22.8 Å². The van der Waals surface area contributed by atoms with Gasteiger partial charge in [-0.2, -0.15) is 5.10 Å². The third-order valence-corrected chi connectivity index (χ3v) is 4.55. The van der Waals surface area contributed by atoms with Gasteiger partial charge < -0.3 is 9.72 Å². The van der Waals surface area contributed by atoms with Crippen LogP contribution < -0.4 is 10.3 Å². The summed E-state index contributed by atoms with van der Waals surface area (Å²) in [6.07, 6.45) is 1.54. The highest BCUT2D eigenvalue weighted by atomic mass is 32.2. The maximum absolute atomic E-state index is 12.4. The molecule has 124 valence electrons. The fourth-order valence-corrected chi connectivity index (χ4v) is 3.30. The second-order valence-electron chi connectivity index (χ2n) is 5.28. The van der Waals surface area contributed by atoms with E-state index in [-0.39, 0.29) is 5.56 Å². The maximum Gasteiger partial charge on any atom is 0.262 e. The van der Waals surface area contributed by atoms with Crippen LogP contribution in [0.4, 0.5) is 0 Å². The highest BCUT2D eigenvalue weighted by Crippen LogP contribution is 2.28. The van der Waals surface area contributed by atoms with Crippen molar-refractivity contribution in [3.05, 3.63) is 71.1 Å². The van der Waals surface area contributed by atoms with E-state index in [1.54, 1.807) is 11.8 Å². The van der Waals surface area contributed by atoms with Gasteiger partial charge in [0.1, 0.15) is 11.1 Å². The van der Waals surface area contributed by atoms with Gasteiger partial charge in [-0.15, -0.1) is 0 Å². The number of hydrogen-bond donors (Lipinski definition) is 1. The molecule has 4 rings (SSSR count). The molecule has 0 saturated heterocycles. The minimum Gasteiger partial charge on any atom is -0.497 e. The number of nitrogens with one attached hydrogen (secondary N) is 1. The number of benzene rings is 2. The predicted molar refractivity (Wildman–Crippen MR) is 96.6 cm³/mol. The number of aromatic amines is 1. The summed E-state index contributed by atoms with van der Waals surface area (Å²) in [6.45, 7) is 0. The second kappa shape index (κ2) is 6.45. The number of aromatic nitrogens is 4. The molecule has 25 heavy (non-hydrogen) atoms. The lowest BCUT2D eigenvalue weighted by Crippen LogP contribution is -2.09. The average molecular weight is 350 g/mol. The van der Waals surface area contributed by atoms with Gasteiger partial charge in [0, 0.05) is 4.90 Å². The zero-order chi connectivity index (χ0) is 17.2. The zero-order valence-corrected chi connectivity index (χ0v) is 14.2. The van der Waals surface area contributed by atoms with E-state index < -0.39 is 0 Å². The summed E-state index contributed by atoms with van der Waals surface area (Å²) in [4.78, 5) is 20.7. The van der Waals surface area contributed by atoms with Crippen LogP contribution >= 0.6 is 11.8 Å². The molecule has 0 saturated carbocycles. The van der Waals surface area contributed by atoms with Crippen molar-refractivity contribution in [1.82, 2.24) is 19.7 Å². The van der Waals surface area contributed by atoms with Crippen molar-refractivity contribution in [3.8, 4) is 11.4 Å². The molecule has 0 radical (unpaired) electrons. The van der Waals surface area contributed by atoms with Gasteiger partial charge in [0.15, 0.2) is 10.8 Å². The van der Waals surface area contributed by atoms with Crippen LogP contribution in [0.2, 0.25) is 0 Å². The summed E-state index contributed by atoms with van der Waals surface area (Å²) >= 11 is 1.37. The summed E-state index contributed by atoms with van der Waals surface area (Å²) in [6, 6.07) is 17.2. The molecule has 7 heteroatoms. The second-order valence-corrected chi connectivity index (χ2v) is 6.34. The van der Waals surface area contributed by atoms with Crippen molar-refractivity contribution in [2.45, 2.75) is 10.1 Å². The number of rotatable bonds is 4. The normalized spacial score (nSPS) is 10.9. The number of H-pyrrole nitrogens is 1. The van der Waals surface area contributed by atoms with Crippen LogP contribution in [0.25, 0.3) is 16.7 Å². The number of fused-ring (bicyclic) bond motifs is 1. The van der Waals surface area contributed by atoms with Crippen molar-refractivity contribution < 1.29 is 4.74 Å². The van der Waals surface area contributed by atoms with Gasteiger partial charge >= 0.3 is 0 Å². The highest BCUT2D eigenvalue weighted by Gasteiger charge is 2.12. The Hall–Kier alpha value is -3.06. The summed E-state index contributed by atoms with van der Waals surface area (Å²) in [7, 11) is 1.62. The van der Waals surface area contributed by atoms with Gasteiger partial charge in [0.05, 0.1) is 19.0 Å².